The second kappa shape index (κ2) is 6.12. The van der Waals surface area contributed by atoms with Gasteiger partial charge in [-0.2, -0.15) is 0 Å². The van der Waals surface area contributed by atoms with Gasteiger partial charge in [-0.25, -0.2) is 0 Å². The molecule has 0 saturated carbocycles. The van der Waals surface area contributed by atoms with Gasteiger partial charge in [-0.05, 0) is 6.92 Å². The SMILES string of the molecule is CCNC(=O)c1sc(N2CCNCC2)c(OC)c1N. The van der Waals surface area contributed by atoms with Crippen LogP contribution in [0.5, 0.6) is 5.75 Å². The minimum atomic E-state index is -0.135. The van der Waals surface area contributed by atoms with Crippen LogP contribution in [-0.2, 0) is 0 Å². The van der Waals surface area contributed by atoms with E-state index in [9.17, 15) is 4.79 Å². The fourth-order valence-electron chi connectivity index (χ4n) is 2.10. The Kier molecular flexibility index (Phi) is 4.49. The van der Waals surface area contributed by atoms with E-state index in [0.717, 1.165) is 31.2 Å². The first-order chi connectivity index (χ1) is 9.19. The molecule has 0 aliphatic carbocycles. The van der Waals surface area contributed by atoms with Crippen LogP contribution in [0.2, 0.25) is 0 Å². The molecule has 0 radical (unpaired) electrons. The summed E-state index contributed by atoms with van der Waals surface area (Å²) in [5.41, 5.74) is 6.47. The lowest BCUT2D eigenvalue weighted by atomic mass is 10.3. The van der Waals surface area contributed by atoms with Crippen molar-refractivity contribution in [3.63, 3.8) is 0 Å². The Labute approximate surface area is 116 Å². The number of nitrogens with zero attached hydrogens (tertiary/aromatic N) is 1. The predicted octanol–water partition coefficient (Wildman–Crippen LogP) is 0.498. The van der Waals surface area contributed by atoms with E-state index < -0.39 is 0 Å². The van der Waals surface area contributed by atoms with E-state index in [1.807, 2.05) is 6.92 Å². The van der Waals surface area contributed by atoms with Gasteiger partial charge in [-0.15, -0.1) is 11.3 Å². The van der Waals surface area contributed by atoms with Gasteiger partial charge in [0.15, 0.2) is 5.75 Å². The van der Waals surface area contributed by atoms with Crippen LogP contribution in [0.4, 0.5) is 10.7 Å². The zero-order chi connectivity index (χ0) is 13.8. The molecule has 2 rings (SSSR count). The lowest BCUT2D eigenvalue weighted by Gasteiger charge is -2.28. The molecular weight excluding hydrogens is 264 g/mol. The third kappa shape index (κ3) is 2.76. The molecule has 0 spiro atoms. The van der Waals surface area contributed by atoms with Gasteiger partial charge in [0.05, 0.1) is 7.11 Å². The van der Waals surface area contributed by atoms with Crippen molar-refractivity contribution in [1.82, 2.24) is 10.6 Å². The first-order valence-electron chi connectivity index (χ1n) is 6.39. The number of nitrogens with one attached hydrogen (secondary N) is 2. The Morgan fingerprint density at radius 3 is 2.79 bits per heavy atom. The lowest BCUT2D eigenvalue weighted by Crippen LogP contribution is -2.43. The van der Waals surface area contributed by atoms with Crippen molar-refractivity contribution in [1.29, 1.82) is 0 Å². The van der Waals surface area contributed by atoms with Crippen molar-refractivity contribution in [3.8, 4) is 5.75 Å². The fraction of sp³-hybridized carbons (Fsp3) is 0.583. The second-order valence-electron chi connectivity index (χ2n) is 4.28. The molecule has 2 heterocycles. The topological polar surface area (TPSA) is 79.6 Å². The van der Waals surface area contributed by atoms with Crippen LogP contribution in [0.1, 0.15) is 16.6 Å². The Bertz CT molecular complexity index is 455. The van der Waals surface area contributed by atoms with Crippen molar-refractivity contribution in [2.75, 3.05) is 50.5 Å². The van der Waals surface area contributed by atoms with Crippen LogP contribution in [0.15, 0.2) is 0 Å². The highest BCUT2D eigenvalue weighted by atomic mass is 32.1. The van der Waals surface area contributed by atoms with E-state index in [0.29, 0.717) is 22.9 Å². The number of carbonyl (C=O) groups excluding carboxylic acids is 1. The first-order valence-corrected chi connectivity index (χ1v) is 7.20. The summed E-state index contributed by atoms with van der Waals surface area (Å²) in [6.07, 6.45) is 0. The Morgan fingerprint density at radius 1 is 1.53 bits per heavy atom. The van der Waals surface area contributed by atoms with Crippen LogP contribution in [0, 0.1) is 0 Å². The number of rotatable bonds is 4. The van der Waals surface area contributed by atoms with Crippen LogP contribution in [-0.4, -0.2) is 45.7 Å². The van der Waals surface area contributed by atoms with E-state index >= 15 is 0 Å². The molecule has 4 N–H and O–H groups in total. The standard InChI is InChI=1S/C12H20N4O2S/c1-3-15-11(17)10-8(13)9(18-2)12(19-10)16-6-4-14-5-7-16/h14H,3-7,13H2,1-2H3,(H,15,17). The minimum absolute atomic E-state index is 0.135. The maximum absolute atomic E-state index is 12.0. The minimum Gasteiger partial charge on any atom is -0.492 e. The zero-order valence-electron chi connectivity index (χ0n) is 11.3. The number of hydrogen-bond acceptors (Lipinski definition) is 6. The number of nitrogen functional groups attached to an aromatic ring is 1. The van der Waals surface area contributed by atoms with E-state index in [2.05, 4.69) is 15.5 Å². The van der Waals surface area contributed by atoms with Gasteiger partial charge in [0.1, 0.15) is 15.6 Å². The van der Waals surface area contributed by atoms with Crippen molar-refractivity contribution >= 4 is 27.9 Å². The molecule has 1 amide bonds. The van der Waals surface area contributed by atoms with Crippen molar-refractivity contribution < 1.29 is 9.53 Å². The van der Waals surface area contributed by atoms with E-state index in [1.54, 1.807) is 7.11 Å². The van der Waals surface area contributed by atoms with Crippen molar-refractivity contribution in [2.45, 2.75) is 6.92 Å². The molecule has 1 fully saturated rings. The Morgan fingerprint density at radius 2 is 2.21 bits per heavy atom. The summed E-state index contributed by atoms with van der Waals surface area (Å²) in [5.74, 6) is 0.484. The average Bonchev–Trinajstić information content (AvgIpc) is 2.77. The van der Waals surface area contributed by atoms with Crippen LogP contribution >= 0.6 is 11.3 Å². The van der Waals surface area contributed by atoms with Crippen LogP contribution in [0.3, 0.4) is 0 Å². The third-order valence-electron chi connectivity index (χ3n) is 3.03. The Hall–Kier alpha value is -1.47. The number of hydrogen-bond donors (Lipinski definition) is 3. The normalized spacial score (nSPS) is 15.4. The molecule has 1 saturated heterocycles. The average molecular weight is 284 g/mol. The molecule has 1 aromatic heterocycles. The second-order valence-corrected chi connectivity index (χ2v) is 5.28. The molecule has 1 aromatic rings. The maximum Gasteiger partial charge on any atom is 0.263 e. The molecule has 6 nitrogen and oxygen atoms in total. The number of carbonyl (C=O) groups is 1. The highest BCUT2D eigenvalue weighted by Gasteiger charge is 2.25. The van der Waals surface area contributed by atoms with Gasteiger partial charge in [0.25, 0.3) is 5.91 Å². The van der Waals surface area contributed by atoms with Gasteiger partial charge < -0.3 is 26.0 Å². The van der Waals surface area contributed by atoms with Crippen molar-refractivity contribution in [2.24, 2.45) is 0 Å². The predicted molar refractivity (Wildman–Crippen MR) is 78.4 cm³/mol. The van der Waals surface area contributed by atoms with Gasteiger partial charge in [0.2, 0.25) is 0 Å². The largest absolute Gasteiger partial charge is 0.492 e. The van der Waals surface area contributed by atoms with Gasteiger partial charge in [-0.3, -0.25) is 4.79 Å². The smallest absolute Gasteiger partial charge is 0.263 e. The van der Waals surface area contributed by atoms with E-state index in [1.165, 1.54) is 11.3 Å². The van der Waals surface area contributed by atoms with Gasteiger partial charge in [-0.1, -0.05) is 0 Å². The molecule has 0 atom stereocenters. The monoisotopic (exact) mass is 284 g/mol. The molecule has 1 aliphatic heterocycles. The number of methoxy groups -OCH3 is 1. The maximum atomic E-state index is 12.0. The first kappa shape index (κ1) is 14.0. The van der Waals surface area contributed by atoms with E-state index in [-0.39, 0.29) is 5.91 Å². The number of anilines is 2. The lowest BCUT2D eigenvalue weighted by molar-refractivity contribution is 0.0960. The third-order valence-corrected chi connectivity index (χ3v) is 4.28. The quantitative estimate of drug-likeness (QED) is 0.750. The van der Waals surface area contributed by atoms with Crippen molar-refractivity contribution in [3.05, 3.63) is 4.88 Å². The molecular formula is C12H20N4O2S. The van der Waals surface area contributed by atoms with E-state index in [4.69, 9.17) is 10.5 Å². The van der Waals surface area contributed by atoms with Crippen LogP contribution < -0.4 is 26.0 Å². The molecule has 0 unspecified atom stereocenters. The molecule has 19 heavy (non-hydrogen) atoms. The molecule has 0 bridgehead atoms. The fourth-order valence-corrected chi connectivity index (χ4v) is 3.26. The van der Waals surface area contributed by atoms with Gasteiger partial charge in [0, 0.05) is 32.7 Å². The summed E-state index contributed by atoms with van der Waals surface area (Å²) < 4.78 is 5.38. The summed E-state index contributed by atoms with van der Waals surface area (Å²) in [6.45, 7) is 6.11. The number of ether oxygens (including phenoxy) is 1. The molecule has 1 aliphatic rings. The number of piperazine rings is 1. The van der Waals surface area contributed by atoms with Crippen LogP contribution in [0.25, 0.3) is 0 Å². The molecule has 7 heteroatoms. The highest BCUT2D eigenvalue weighted by Crippen LogP contribution is 2.44. The summed E-state index contributed by atoms with van der Waals surface area (Å²) in [7, 11) is 1.59. The zero-order valence-corrected chi connectivity index (χ0v) is 12.1. The summed E-state index contributed by atoms with van der Waals surface area (Å²) in [6, 6.07) is 0. The highest BCUT2D eigenvalue weighted by molar-refractivity contribution is 7.19. The number of nitrogens with two attached hydrogens (primary N) is 1. The molecule has 0 aromatic carbocycles. The number of amides is 1. The summed E-state index contributed by atoms with van der Waals surface area (Å²) >= 11 is 1.40. The molecule has 106 valence electrons. The Balaban J connectivity index is 2.32. The summed E-state index contributed by atoms with van der Waals surface area (Å²) in [5, 5.41) is 7.02. The number of thiophene rings is 1. The summed E-state index contributed by atoms with van der Waals surface area (Å²) in [4.78, 5) is 14.7. The van der Waals surface area contributed by atoms with Gasteiger partial charge >= 0.3 is 0 Å².